The maximum atomic E-state index is 2.63. The fourth-order valence-corrected chi connectivity index (χ4v) is 6.63. The molecule has 0 N–H and O–H groups in total. The fourth-order valence-electron chi connectivity index (χ4n) is 6.63. The van der Waals surface area contributed by atoms with Crippen molar-refractivity contribution in [3.8, 4) is 0 Å². The van der Waals surface area contributed by atoms with Crippen molar-refractivity contribution in [1.29, 1.82) is 0 Å². The first-order chi connectivity index (χ1) is 11.1. The molecule has 0 aromatic heterocycles. The first-order valence-electron chi connectivity index (χ1n) is 11.1. The molecule has 0 saturated heterocycles. The van der Waals surface area contributed by atoms with Crippen LogP contribution in [0, 0.1) is 52.8 Å². The highest BCUT2D eigenvalue weighted by Crippen LogP contribution is 2.51. The van der Waals surface area contributed by atoms with Crippen molar-refractivity contribution in [2.75, 3.05) is 0 Å². The van der Waals surface area contributed by atoms with Crippen molar-refractivity contribution in [1.82, 2.24) is 0 Å². The second kappa shape index (κ2) is 8.13. The topological polar surface area (TPSA) is 0 Å². The maximum absolute atomic E-state index is 2.63. The molecule has 3 saturated carbocycles. The predicted molar refractivity (Wildman–Crippen MR) is 108 cm³/mol. The first-order valence-corrected chi connectivity index (χ1v) is 11.1. The van der Waals surface area contributed by atoms with Crippen molar-refractivity contribution in [3.05, 3.63) is 0 Å². The summed E-state index contributed by atoms with van der Waals surface area (Å²) in [6, 6.07) is 0. The maximum Gasteiger partial charge on any atom is -0.0332 e. The zero-order valence-electron chi connectivity index (χ0n) is 18.1. The Labute approximate surface area is 153 Å². The van der Waals surface area contributed by atoms with Crippen LogP contribution in [0.4, 0.5) is 0 Å². The zero-order valence-corrected chi connectivity index (χ0v) is 18.1. The van der Waals surface area contributed by atoms with E-state index < -0.39 is 0 Å². The number of rotatable bonds is 4. The smallest absolute Gasteiger partial charge is 0.0332 e. The SMILES string of the molecule is CCC(C)C1CCC2CCC(CC2CC(C)(C)C)C(C)C1C(C)C. The molecule has 24 heavy (non-hydrogen) atoms. The van der Waals surface area contributed by atoms with Gasteiger partial charge in [0.1, 0.15) is 0 Å². The number of fused-ring (bicyclic) bond motifs is 6. The molecule has 142 valence electrons. The first kappa shape index (κ1) is 20.3. The Morgan fingerprint density at radius 3 is 2.04 bits per heavy atom. The molecule has 0 aromatic carbocycles. The van der Waals surface area contributed by atoms with Gasteiger partial charge in [-0.2, -0.15) is 0 Å². The van der Waals surface area contributed by atoms with Crippen LogP contribution >= 0.6 is 0 Å². The molecule has 3 fully saturated rings. The van der Waals surface area contributed by atoms with Gasteiger partial charge in [0.15, 0.2) is 0 Å². The van der Waals surface area contributed by atoms with Crippen molar-refractivity contribution >= 4 is 0 Å². The summed E-state index contributed by atoms with van der Waals surface area (Å²) in [5.74, 6) is 7.57. The summed E-state index contributed by atoms with van der Waals surface area (Å²) in [7, 11) is 0. The van der Waals surface area contributed by atoms with Gasteiger partial charge in [0.05, 0.1) is 0 Å². The van der Waals surface area contributed by atoms with Gasteiger partial charge >= 0.3 is 0 Å². The summed E-state index contributed by atoms with van der Waals surface area (Å²) in [5, 5.41) is 0. The molecule has 0 amide bonds. The summed E-state index contributed by atoms with van der Waals surface area (Å²) in [4.78, 5) is 0. The lowest BCUT2D eigenvalue weighted by Crippen LogP contribution is -2.35. The highest BCUT2D eigenvalue weighted by Gasteiger charge is 2.42. The lowest BCUT2D eigenvalue weighted by atomic mass is 9.62. The molecule has 2 bridgehead atoms. The van der Waals surface area contributed by atoms with Crippen molar-refractivity contribution in [2.45, 2.75) is 100 Å². The molecule has 0 aromatic rings. The molecule has 3 rings (SSSR count). The van der Waals surface area contributed by atoms with Crippen LogP contribution in [0.5, 0.6) is 0 Å². The van der Waals surface area contributed by atoms with E-state index in [9.17, 15) is 0 Å². The quantitative estimate of drug-likeness (QED) is 0.491. The minimum atomic E-state index is 0.496. The molecule has 0 nitrogen and oxygen atoms in total. The molecule has 7 unspecified atom stereocenters. The third-order valence-electron chi connectivity index (χ3n) is 7.92. The monoisotopic (exact) mass is 334 g/mol. The van der Waals surface area contributed by atoms with E-state index in [2.05, 4.69) is 55.4 Å². The lowest BCUT2D eigenvalue weighted by Gasteiger charge is -2.43. The van der Waals surface area contributed by atoms with E-state index in [1.54, 1.807) is 0 Å². The molecule has 3 aliphatic carbocycles. The van der Waals surface area contributed by atoms with Crippen LogP contribution in [-0.2, 0) is 0 Å². The van der Waals surface area contributed by atoms with Crippen molar-refractivity contribution < 1.29 is 0 Å². The van der Waals surface area contributed by atoms with Crippen LogP contribution in [0.15, 0.2) is 0 Å². The van der Waals surface area contributed by atoms with Crippen LogP contribution in [-0.4, -0.2) is 0 Å². The van der Waals surface area contributed by atoms with Crippen molar-refractivity contribution in [2.24, 2.45) is 52.8 Å². The van der Waals surface area contributed by atoms with Gasteiger partial charge in [0.25, 0.3) is 0 Å². The van der Waals surface area contributed by atoms with Crippen LogP contribution in [0.1, 0.15) is 100 Å². The summed E-state index contributed by atoms with van der Waals surface area (Å²) in [6.45, 7) is 20.0. The van der Waals surface area contributed by atoms with E-state index in [1.165, 1.54) is 44.9 Å². The summed E-state index contributed by atoms with van der Waals surface area (Å²) < 4.78 is 0. The molecule has 0 radical (unpaired) electrons. The summed E-state index contributed by atoms with van der Waals surface area (Å²) in [6.07, 6.45) is 10.4. The average Bonchev–Trinajstić information content (AvgIpc) is 2.57. The number of hydrogen-bond donors (Lipinski definition) is 0. The third kappa shape index (κ3) is 4.79. The van der Waals surface area contributed by atoms with Gasteiger partial charge in [0.2, 0.25) is 0 Å². The van der Waals surface area contributed by atoms with Gasteiger partial charge in [-0.25, -0.2) is 0 Å². The molecule has 0 heterocycles. The molecular weight excluding hydrogens is 288 g/mol. The minimum absolute atomic E-state index is 0.496. The van der Waals surface area contributed by atoms with E-state index >= 15 is 0 Å². The normalized spacial score (nSPS) is 39.4. The Bertz CT molecular complexity index is 374. The van der Waals surface area contributed by atoms with E-state index in [-0.39, 0.29) is 0 Å². The second-order valence-electron chi connectivity index (χ2n) is 11.2. The zero-order chi connectivity index (χ0) is 18.1. The minimum Gasteiger partial charge on any atom is -0.0651 e. The van der Waals surface area contributed by atoms with Crippen LogP contribution in [0.25, 0.3) is 0 Å². The van der Waals surface area contributed by atoms with Gasteiger partial charge in [-0.3, -0.25) is 0 Å². The fraction of sp³-hybridized carbons (Fsp3) is 1.00. The Hall–Kier alpha value is 0. The molecule has 3 aliphatic rings. The predicted octanol–water partition coefficient (Wildman–Crippen LogP) is 7.82. The highest BCUT2D eigenvalue weighted by molar-refractivity contribution is 4.92. The Morgan fingerprint density at radius 1 is 0.917 bits per heavy atom. The lowest BCUT2D eigenvalue weighted by molar-refractivity contribution is 0.0626. The second-order valence-corrected chi connectivity index (χ2v) is 11.2. The molecule has 0 heteroatoms. The molecular formula is C24H46. The third-order valence-corrected chi connectivity index (χ3v) is 7.92. The molecule has 7 atom stereocenters. The standard InChI is InChI=1S/C24H46/c1-9-17(4)22-13-12-19-10-11-20(18(5)23(22)16(2)3)14-21(19)15-24(6,7)8/h16-23H,9-15H2,1-8H3. The van der Waals surface area contributed by atoms with E-state index in [1.807, 2.05) is 0 Å². The van der Waals surface area contributed by atoms with Gasteiger partial charge < -0.3 is 0 Å². The van der Waals surface area contributed by atoms with E-state index in [0.717, 1.165) is 47.3 Å². The van der Waals surface area contributed by atoms with Gasteiger partial charge in [0, 0.05) is 0 Å². The van der Waals surface area contributed by atoms with Gasteiger partial charge in [-0.1, -0.05) is 61.8 Å². The molecule has 0 spiro atoms. The molecule has 0 aliphatic heterocycles. The van der Waals surface area contributed by atoms with Gasteiger partial charge in [-0.15, -0.1) is 0 Å². The van der Waals surface area contributed by atoms with Gasteiger partial charge in [-0.05, 0) is 91.3 Å². The highest BCUT2D eigenvalue weighted by atomic mass is 14.5. The number of hydrogen-bond acceptors (Lipinski definition) is 0. The van der Waals surface area contributed by atoms with Crippen LogP contribution < -0.4 is 0 Å². The summed E-state index contributed by atoms with van der Waals surface area (Å²) in [5.41, 5.74) is 0.496. The summed E-state index contributed by atoms with van der Waals surface area (Å²) >= 11 is 0. The van der Waals surface area contributed by atoms with E-state index in [4.69, 9.17) is 0 Å². The van der Waals surface area contributed by atoms with Crippen molar-refractivity contribution in [3.63, 3.8) is 0 Å². The van der Waals surface area contributed by atoms with E-state index in [0.29, 0.717) is 5.41 Å². The average molecular weight is 335 g/mol. The van der Waals surface area contributed by atoms with Crippen LogP contribution in [0.2, 0.25) is 0 Å². The Balaban J connectivity index is 2.27. The largest absolute Gasteiger partial charge is 0.0651 e. The Kier molecular flexibility index (Phi) is 6.88. The van der Waals surface area contributed by atoms with Crippen LogP contribution in [0.3, 0.4) is 0 Å². The Morgan fingerprint density at radius 2 is 1.50 bits per heavy atom.